The minimum atomic E-state index is 0.699. The van der Waals surface area contributed by atoms with Gasteiger partial charge in [0.15, 0.2) is 0 Å². The molecule has 1 saturated heterocycles. The summed E-state index contributed by atoms with van der Waals surface area (Å²) in [7, 11) is 1.70. The molecule has 4 nitrogen and oxygen atoms in total. The van der Waals surface area contributed by atoms with E-state index in [1.54, 1.807) is 7.11 Å². The molecule has 1 unspecified atom stereocenters. The molecule has 16 heavy (non-hydrogen) atoms. The zero-order valence-corrected chi connectivity index (χ0v) is 10.7. The lowest BCUT2D eigenvalue weighted by Crippen LogP contribution is -2.31. The fraction of sp³-hybridized carbons (Fsp3) is 1.00. The third-order valence-electron chi connectivity index (χ3n) is 2.86. The van der Waals surface area contributed by atoms with Gasteiger partial charge in [-0.05, 0) is 18.9 Å². The van der Waals surface area contributed by atoms with Crippen molar-refractivity contribution in [3.63, 3.8) is 0 Å². The SMILES string of the molecule is COCCOCCCN1CCNCC(C)C1. The van der Waals surface area contributed by atoms with Gasteiger partial charge in [-0.2, -0.15) is 0 Å². The van der Waals surface area contributed by atoms with Gasteiger partial charge >= 0.3 is 0 Å². The standard InChI is InChI=1S/C12H26N2O2/c1-12-10-13-4-6-14(11-12)5-3-7-16-9-8-15-2/h12-13H,3-11H2,1-2H3. The second-order valence-corrected chi connectivity index (χ2v) is 4.57. The first-order valence-corrected chi connectivity index (χ1v) is 6.32. The Labute approximate surface area is 99.3 Å². The molecule has 1 N–H and O–H groups in total. The van der Waals surface area contributed by atoms with Crippen LogP contribution in [0.5, 0.6) is 0 Å². The molecule has 1 aliphatic rings. The summed E-state index contributed by atoms with van der Waals surface area (Å²) in [6.45, 7) is 10.4. The molecule has 0 aromatic heterocycles. The molecular formula is C12H26N2O2. The third-order valence-corrected chi connectivity index (χ3v) is 2.86. The maximum atomic E-state index is 5.46. The van der Waals surface area contributed by atoms with Crippen molar-refractivity contribution < 1.29 is 9.47 Å². The Morgan fingerprint density at radius 2 is 2.19 bits per heavy atom. The summed E-state index contributed by atoms with van der Waals surface area (Å²) in [5.41, 5.74) is 0. The second-order valence-electron chi connectivity index (χ2n) is 4.57. The van der Waals surface area contributed by atoms with E-state index in [0.717, 1.165) is 38.6 Å². The molecule has 0 aliphatic carbocycles. The first kappa shape index (κ1) is 13.9. The maximum Gasteiger partial charge on any atom is 0.0700 e. The van der Waals surface area contributed by atoms with Gasteiger partial charge in [0.1, 0.15) is 0 Å². The molecule has 0 spiro atoms. The van der Waals surface area contributed by atoms with Crippen LogP contribution in [0, 0.1) is 5.92 Å². The summed E-state index contributed by atoms with van der Waals surface area (Å²) in [5.74, 6) is 0.761. The average molecular weight is 230 g/mol. The highest BCUT2D eigenvalue weighted by Crippen LogP contribution is 2.03. The van der Waals surface area contributed by atoms with Gasteiger partial charge in [0, 0.05) is 39.9 Å². The number of hydrogen-bond acceptors (Lipinski definition) is 4. The highest BCUT2D eigenvalue weighted by molar-refractivity contribution is 4.70. The fourth-order valence-corrected chi connectivity index (χ4v) is 2.02. The van der Waals surface area contributed by atoms with Crippen LogP contribution in [0.3, 0.4) is 0 Å². The predicted octanol–water partition coefficient (Wildman–Crippen LogP) is 0.581. The number of nitrogens with zero attached hydrogens (tertiary/aromatic N) is 1. The summed E-state index contributed by atoms with van der Waals surface area (Å²) >= 11 is 0. The van der Waals surface area contributed by atoms with Crippen LogP contribution >= 0.6 is 0 Å². The minimum Gasteiger partial charge on any atom is -0.382 e. The molecule has 0 aromatic carbocycles. The van der Waals surface area contributed by atoms with Crippen molar-refractivity contribution in [3.05, 3.63) is 0 Å². The number of nitrogens with one attached hydrogen (secondary N) is 1. The maximum absolute atomic E-state index is 5.46. The van der Waals surface area contributed by atoms with Crippen LogP contribution in [0.15, 0.2) is 0 Å². The van der Waals surface area contributed by atoms with Gasteiger partial charge in [-0.1, -0.05) is 6.92 Å². The number of rotatable bonds is 7. The van der Waals surface area contributed by atoms with Crippen LogP contribution in [0.25, 0.3) is 0 Å². The lowest BCUT2D eigenvalue weighted by atomic mass is 10.2. The van der Waals surface area contributed by atoms with Gasteiger partial charge in [0.2, 0.25) is 0 Å². The number of hydrogen-bond donors (Lipinski definition) is 1. The van der Waals surface area contributed by atoms with Crippen molar-refractivity contribution in [2.45, 2.75) is 13.3 Å². The van der Waals surface area contributed by atoms with E-state index in [1.807, 2.05) is 0 Å². The van der Waals surface area contributed by atoms with E-state index in [9.17, 15) is 0 Å². The van der Waals surface area contributed by atoms with Crippen LogP contribution in [0.2, 0.25) is 0 Å². The molecule has 0 amide bonds. The largest absolute Gasteiger partial charge is 0.382 e. The molecule has 1 atom stereocenters. The van der Waals surface area contributed by atoms with Crippen LogP contribution < -0.4 is 5.32 Å². The van der Waals surface area contributed by atoms with Crippen molar-refractivity contribution in [1.82, 2.24) is 10.2 Å². The molecule has 1 heterocycles. The molecule has 0 radical (unpaired) electrons. The molecular weight excluding hydrogens is 204 g/mol. The van der Waals surface area contributed by atoms with Crippen molar-refractivity contribution in [2.75, 3.05) is 59.7 Å². The Morgan fingerprint density at radius 1 is 1.31 bits per heavy atom. The van der Waals surface area contributed by atoms with Crippen molar-refractivity contribution in [3.8, 4) is 0 Å². The Balaban J connectivity index is 1.98. The molecule has 1 aliphatic heterocycles. The van der Waals surface area contributed by atoms with E-state index < -0.39 is 0 Å². The quantitative estimate of drug-likeness (QED) is 0.649. The average Bonchev–Trinajstić information content (AvgIpc) is 2.48. The molecule has 1 rings (SSSR count). The Kier molecular flexibility index (Phi) is 7.76. The summed E-state index contributed by atoms with van der Waals surface area (Å²) in [6.07, 6.45) is 1.12. The Morgan fingerprint density at radius 3 is 3.00 bits per heavy atom. The molecule has 0 aromatic rings. The van der Waals surface area contributed by atoms with Crippen LogP contribution in [0.4, 0.5) is 0 Å². The number of ether oxygens (including phenoxy) is 2. The zero-order chi connectivity index (χ0) is 11.6. The third kappa shape index (κ3) is 6.43. The highest BCUT2D eigenvalue weighted by atomic mass is 16.5. The molecule has 96 valence electrons. The van der Waals surface area contributed by atoms with E-state index in [2.05, 4.69) is 17.1 Å². The van der Waals surface area contributed by atoms with Crippen molar-refractivity contribution in [1.29, 1.82) is 0 Å². The zero-order valence-electron chi connectivity index (χ0n) is 10.7. The normalized spacial score (nSPS) is 23.2. The van der Waals surface area contributed by atoms with Crippen LogP contribution in [-0.2, 0) is 9.47 Å². The monoisotopic (exact) mass is 230 g/mol. The lowest BCUT2D eigenvalue weighted by Gasteiger charge is -2.21. The summed E-state index contributed by atoms with van der Waals surface area (Å²) in [5, 5.41) is 3.46. The predicted molar refractivity (Wildman–Crippen MR) is 65.8 cm³/mol. The first-order chi connectivity index (χ1) is 7.83. The van der Waals surface area contributed by atoms with Gasteiger partial charge in [0.25, 0.3) is 0 Å². The second kappa shape index (κ2) is 8.93. The van der Waals surface area contributed by atoms with Crippen LogP contribution in [-0.4, -0.2) is 64.6 Å². The van der Waals surface area contributed by atoms with Gasteiger partial charge < -0.3 is 19.7 Å². The van der Waals surface area contributed by atoms with E-state index in [1.165, 1.54) is 13.1 Å². The van der Waals surface area contributed by atoms with Gasteiger partial charge in [-0.3, -0.25) is 0 Å². The lowest BCUT2D eigenvalue weighted by molar-refractivity contribution is 0.0651. The molecule has 1 fully saturated rings. The van der Waals surface area contributed by atoms with Crippen molar-refractivity contribution in [2.24, 2.45) is 5.92 Å². The van der Waals surface area contributed by atoms with Gasteiger partial charge in [-0.25, -0.2) is 0 Å². The first-order valence-electron chi connectivity index (χ1n) is 6.32. The van der Waals surface area contributed by atoms with Gasteiger partial charge in [0.05, 0.1) is 13.2 Å². The smallest absolute Gasteiger partial charge is 0.0700 e. The highest BCUT2D eigenvalue weighted by Gasteiger charge is 2.13. The Bertz CT molecular complexity index is 167. The van der Waals surface area contributed by atoms with E-state index in [-0.39, 0.29) is 0 Å². The van der Waals surface area contributed by atoms with Gasteiger partial charge in [-0.15, -0.1) is 0 Å². The van der Waals surface area contributed by atoms with E-state index in [4.69, 9.17) is 9.47 Å². The fourth-order valence-electron chi connectivity index (χ4n) is 2.02. The number of methoxy groups -OCH3 is 1. The summed E-state index contributed by atoms with van der Waals surface area (Å²) < 4.78 is 10.4. The van der Waals surface area contributed by atoms with Crippen molar-refractivity contribution >= 4 is 0 Å². The summed E-state index contributed by atoms with van der Waals surface area (Å²) in [6, 6.07) is 0. The summed E-state index contributed by atoms with van der Waals surface area (Å²) in [4.78, 5) is 2.53. The molecule has 0 saturated carbocycles. The minimum absolute atomic E-state index is 0.699. The van der Waals surface area contributed by atoms with E-state index in [0.29, 0.717) is 13.2 Å². The topological polar surface area (TPSA) is 33.7 Å². The van der Waals surface area contributed by atoms with E-state index >= 15 is 0 Å². The molecule has 0 bridgehead atoms. The Hall–Kier alpha value is -0.160. The molecule has 4 heteroatoms. The van der Waals surface area contributed by atoms with Crippen LogP contribution in [0.1, 0.15) is 13.3 Å².